The highest BCUT2D eigenvalue weighted by molar-refractivity contribution is 5.16. The number of hydrogen-bond acceptors (Lipinski definition) is 2. The summed E-state index contributed by atoms with van der Waals surface area (Å²) < 4.78 is 7.32. The maximum atomic E-state index is 7.32. The Bertz CT molecular complexity index is 1090. The minimum atomic E-state index is 0.606. The van der Waals surface area contributed by atoms with Crippen molar-refractivity contribution in [3.8, 4) is 0 Å². The third kappa shape index (κ3) is 4.30. The van der Waals surface area contributed by atoms with Gasteiger partial charge >= 0.3 is 0 Å². The van der Waals surface area contributed by atoms with Crippen LogP contribution in [-0.2, 0) is 4.74 Å². The van der Waals surface area contributed by atoms with Gasteiger partial charge in [-0.15, -0.1) is 0 Å². The Hall–Kier alpha value is -0.0800. The number of hydrogen-bond donors (Lipinski definition) is 0. The van der Waals surface area contributed by atoms with Crippen LogP contribution in [0.2, 0.25) is 0 Å². The number of rotatable bonds is 2. The Balaban J connectivity index is 0.869. The molecule has 11 rings (SSSR count). The second-order valence-electron chi connectivity index (χ2n) is 20.0. The number of nitrogens with zero attached hydrogens (tertiary/aromatic N) is 1. The zero-order chi connectivity index (χ0) is 29.2. The molecule has 0 bridgehead atoms. The Morgan fingerprint density at radius 2 is 0.978 bits per heavy atom. The first-order chi connectivity index (χ1) is 22.3. The molecule has 2 nitrogen and oxygen atoms in total. The molecule has 0 aromatic heterocycles. The van der Waals surface area contributed by atoms with Crippen molar-refractivity contribution in [2.45, 2.75) is 184 Å². The summed E-state index contributed by atoms with van der Waals surface area (Å²) in [5.41, 5.74) is 0. The molecule has 0 aromatic carbocycles. The van der Waals surface area contributed by atoms with E-state index in [1.54, 1.807) is 109 Å². The first-order valence-electron chi connectivity index (χ1n) is 21.7. The summed E-state index contributed by atoms with van der Waals surface area (Å²) in [4.78, 5) is 3.38. The van der Waals surface area contributed by atoms with Crippen LogP contribution in [0.25, 0.3) is 0 Å². The minimum absolute atomic E-state index is 0.606. The molecule has 250 valence electrons. The molecule has 9 saturated carbocycles. The van der Waals surface area contributed by atoms with Gasteiger partial charge in [0, 0.05) is 18.1 Å². The topological polar surface area (TPSA) is 12.5 Å². The maximum Gasteiger partial charge on any atom is 0.0625 e. The molecule has 18 atom stereocenters. The van der Waals surface area contributed by atoms with Gasteiger partial charge in [-0.25, -0.2) is 0 Å². The van der Waals surface area contributed by atoms with Gasteiger partial charge in [-0.05, 0) is 173 Å². The van der Waals surface area contributed by atoms with E-state index in [1.165, 1.54) is 44.9 Å². The molecule has 0 N–H and O–H groups in total. The molecule has 9 aliphatic carbocycles. The van der Waals surface area contributed by atoms with Crippen LogP contribution in [-0.4, -0.2) is 35.2 Å². The highest BCUT2D eigenvalue weighted by Gasteiger charge is 2.65. The summed E-state index contributed by atoms with van der Waals surface area (Å²) in [6, 6.07) is 2.74. The van der Waals surface area contributed by atoms with Gasteiger partial charge in [-0.2, -0.15) is 0 Å². The van der Waals surface area contributed by atoms with Crippen molar-refractivity contribution in [2.24, 2.45) is 82.9 Å². The molecule has 2 heteroatoms. The summed E-state index contributed by atoms with van der Waals surface area (Å²) >= 11 is 0. The summed E-state index contributed by atoms with van der Waals surface area (Å²) in [5.74, 6) is 14.9. The van der Waals surface area contributed by atoms with Crippen molar-refractivity contribution in [3.63, 3.8) is 0 Å². The van der Waals surface area contributed by atoms with Gasteiger partial charge in [-0.1, -0.05) is 64.2 Å². The maximum absolute atomic E-state index is 7.32. The summed E-state index contributed by atoms with van der Waals surface area (Å²) in [5, 5.41) is 0. The molecule has 0 radical (unpaired) electrons. The van der Waals surface area contributed by atoms with E-state index in [-0.39, 0.29) is 0 Å². The van der Waals surface area contributed by atoms with Crippen molar-refractivity contribution in [2.75, 3.05) is 0 Å². The fourth-order valence-corrected chi connectivity index (χ4v) is 18.0. The van der Waals surface area contributed by atoms with Crippen LogP contribution >= 0.6 is 0 Å². The molecule has 45 heavy (non-hydrogen) atoms. The van der Waals surface area contributed by atoms with E-state index in [2.05, 4.69) is 4.90 Å². The van der Waals surface area contributed by atoms with Crippen molar-refractivity contribution < 1.29 is 4.74 Å². The van der Waals surface area contributed by atoms with E-state index in [4.69, 9.17) is 4.74 Å². The monoisotopic (exact) mass is 614 g/mol. The van der Waals surface area contributed by atoms with E-state index in [0.29, 0.717) is 12.2 Å². The highest BCUT2D eigenvalue weighted by Crippen LogP contribution is 2.67. The van der Waals surface area contributed by atoms with E-state index in [9.17, 15) is 0 Å². The second-order valence-corrected chi connectivity index (χ2v) is 20.0. The van der Waals surface area contributed by atoms with Gasteiger partial charge in [0.15, 0.2) is 0 Å². The van der Waals surface area contributed by atoms with Gasteiger partial charge < -0.3 is 4.74 Å². The van der Waals surface area contributed by atoms with Gasteiger partial charge in [0.05, 0.1) is 12.2 Å². The quantitative estimate of drug-likeness (QED) is 0.307. The number of fused-ring (bicyclic) bond motifs is 7. The van der Waals surface area contributed by atoms with Crippen LogP contribution in [0.3, 0.4) is 0 Å². The molecule has 0 amide bonds. The van der Waals surface area contributed by atoms with Crippen LogP contribution < -0.4 is 0 Å². The molecule has 11 fully saturated rings. The third-order valence-corrected chi connectivity index (χ3v) is 18.9. The van der Waals surface area contributed by atoms with E-state index >= 15 is 0 Å². The normalized spacial score (nSPS) is 60.1. The lowest BCUT2D eigenvalue weighted by atomic mass is 9.55. The van der Waals surface area contributed by atoms with Gasteiger partial charge in [0.2, 0.25) is 0 Å². The molecule has 2 heterocycles. The average Bonchev–Trinajstić information content (AvgIpc) is 3.76. The summed E-state index contributed by atoms with van der Waals surface area (Å²) in [6.07, 6.45) is 38.5. The largest absolute Gasteiger partial charge is 0.374 e. The van der Waals surface area contributed by atoms with Gasteiger partial charge in [0.25, 0.3) is 0 Å². The van der Waals surface area contributed by atoms with Gasteiger partial charge in [0.1, 0.15) is 0 Å². The molecule has 18 unspecified atom stereocenters. The minimum Gasteiger partial charge on any atom is -0.374 e. The molecular formula is C43H67NO. The zero-order valence-corrected chi connectivity index (χ0v) is 28.8. The van der Waals surface area contributed by atoms with Crippen LogP contribution in [0.5, 0.6) is 0 Å². The van der Waals surface area contributed by atoms with Crippen molar-refractivity contribution in [3.05, 3.63) is 0 Å². The Kier molecular flexibility index (Phi) is 7.16. The highest BCUT2D eigenvalue weighted by atomic mass is 16.5. The molecular weight excluding hydrogens is 546 g/mol. The third-order valence-electron chi connectivity index (χ3n) is 18.9. The average molecular weight is 614 g/mol. The van der Waals surface area contributed by atoms with Crippen LogP contribution in [0.4, 0.5) is 0 Å². The van der Waals surface area contributed by atoms with E-state index < -0.39 is 0 Å². The smallest absolute Gasteiger partial charge is 0.0625 e. The molecule has 2 aliphatic heterocycles. The zero-order valence-electron chi connectivity index (χ0n) is 28.8. The van der Waals surface area contributed by atoms with Crippen LogP contribution in [0.1, 0.15) is 154 Å². The fourth-order valence-electron chi connectivity index (χ4n) is 18.0. The predicted molar refractivity (Wildman–Crippen MR) is 182 cm³/mol. The second kappa shape index (κ2) is 11.2. The Labute approximate surface area is 276 Å². The summed E-state index contributed by atoms with van der Waals surface area (Å²) in [6.45, 7) is 0. The lowest BCUT2D eigenvalue weighted by molar-refractivity contribution is -0.0511. The predicted octanol–water partition coefficient (Wildman–Crippen LogP) is 10.3. The molecule has 11 aliphatic rings. The van der Waals surface area contributed by atoms with Crippen molar-refractivity contribution in [1.29, 1.82) is 0 Å². The SMILES string of the molecule is C1CCC2CC(C3CCCC4OC5CC(N6C7CCCC8C9CCCCC9C9CCCC%10CCC6C(C%109)C87)CCC5C43)CC2C1. The fraction of sp³-hybridized carbons (Fsp3) is 1.00. The molecule has 0 spiro atoms. The lowest BCUT2D eigenvalue weighted by Gasteiger charge is -2.53. The van der Waals surface area contributed by atoms with Crippen LogP contribution in [0, 0.1) is 82.9 Å². The number of ether oxygens (including phenoxy) is 1. The first kappa shape index (κ1) is 28.7. The van der Waals surface area contributed by atoms with Gasteiger partial charge in [-0.3, -0.25) is 4.90 Å². The molecule has 2 saturated heterocycles. The van der Waals surface area contributed by atoms with Crippen molar-refractivity contribution in [1.82, 2.24) is 4.90 Å². The van der Waals surface area contributed by atoms with E-state index in [1.807, 2.05) is 0 Å². The first-order valence-corrected chi connectivity index (χ1v) is 21.7. The van der Waals surface area contributed by atoms with Crippen LogP contribution in [0.15, 0.2) is 0 Å². The van der Waals surface area contributed by atoms with Crippen molar-refractivity contribution >= 4 is 0 Å². The molecule has 0 aromatic rings. The lowest BCUT2D eigenvalue weighted by Crippen LogP contribution is -2.53. The Morgan fingerprint density at radius 3 is 1.80 bits per heavy atom. The number of likely N-dealkylation sites (tertiary alicyclic amines) is 1. The standard InChI is InChI=1S/C43H67NO/c1-2-9-27-23-28(22-26(27)8-1)30-13-7-17-38-41(30)35-20-19-29(24-39(35)45-38)44-36-16-6-15-34-32-12-4-3-11-31(32)33-14-5-10-25-18-21-37(44)43(40(25)33)42(34)36/h25-43H,1-24H2. The van der Waals surface area contributed by atoms with E-state index in [0.717, 1.165) is 101 Å². The Morgan fingerprint density at radius 1 is 0.333 bits per heavy atom. The summed E-state index contributed by atoms with van der Waals surface area (Å²) in [7, 11) is 0.